The molecule has 1 saturated carbocycles. The number of likely N-dealkylation sites (N-methyl/N-ethyl adjacent to an activating group) is 1. The molecular weight excluding hydrogens is 903 g/mol. The molecule has 1 aromatic rings. The SMILES string of the molecule is C=CC(=O)O[C@@H]1C[C@H](OC(=O)C=C)C[C@H](OC(=O)CCSCC(=O)N[C@H](C(=O)N[C@@H](CCCNC(N)=O)C(=O)Nc2ccc(COC(=O)N(C)[C@H](C(=O)N[C@H](C)C(C)C)C(C)C)cc2)C(C)C)C1. The smallest absolute Gasteiger partial charge is 0.410 e. The number of rotatable bonds is 27. The number of carbonyl (C=O) groups is 9. The number of amides is 7. The number of anilines is 1. The zero-order chi connectivity index (χ0) is 51.1. The van der Waals surface area contributed by atoms with Crippen LogP contribution in [0, 0.1) is 17.8 Å². The molecule has 1 fully saturated rings. The molecule has 68 heavy (non-hydrogen) atoms. The van der Waals surface area contributed by atoms with Crippen LogP contribution in [0.5, 0.6) is 0 Å². The number of urea groups is 1. The number of nitrogens with zero attached hydrogens (tertiary/aromatic N) is 1. The molecule has 1 aliphatic carbocycles. The van der Waals surface area contributed by atoms with Gasteiger partial charge in [0.15, 0.2) is 0 Å². The van der Waals surface area contributed by atoms with Gasteiger partial charge in [0.25, 0.3) is 0 Å². The van der Waals surface area contributed by atoms with E-state index < -0.39 is 90.1 Å². The average Bonchev–Trinajstić information content (AvgIpc) is 3.26. The van der Waals surface area contributed by atoms with Gasteiger partial charge in [-0.15, -0.1) is 0 Å². The number of hydrogen-bond acceptors (Lipinski definition) is 14. The van der Waals surface area contributed by atoms with Crippen molar-refractivity contribution in [3.05, 3.63) is 55.1 Å². The van der Waals surface area contributed by atoms with Gasteiger partial charge in [0.2, 0.25) is 23.6 Å². The Morgan fingerprint density at radius 2 is 1.34 bits per heavy atom. The molecule has 7 N–H and O–H groups in total. The molecule has 0 aliphatic heterocycles. The van der Waals surface area contributed by atoms with Gasteiger partial charge in [-0.05, 0) is 55.2 Å². The first-order chi connectivity index (χ1) is 32.0. The monoisotopic (exact) mass is 973 g/mol. The molecule has 1 aromatic carbocycles. The van der Waals surface area contributed by atoms with Gasteiger partial charge in [0, 0.05) is 62.5 Å². The number of carbonyl (C=O) groups excluding carboxylic acids is 9. The molecule has 0 heterocycles. The lowest BCUT2D eigenvalue weighted by atomic mass is 9.92. The van der Waals surface area contributed by atoms with Crippen LogP contribution in [0.15, 0.2) is 49.6 Å². The molecule has 0 saturated heterocycles. The summed E-state index contributed by atoms with van der Waals surface area (Å²) < 4.78 is 21.7. The van der Waals surface area contributed by atoms with Gasteiger partial charge in [-0.3, -0.25) is 28.9 Å². The minimum Gasteiger partial charge on any atom is -0.462 e. The van der Waals surface area contributed by atoms with Gasteiger partial charge in [-0.25, -0.2) is 19.2 Å². The van der Waals surface area contributed by atoms with Crippen LogP contribution in [-0.4, -0.2) is 126 Å². The second-order valence-corrected chi connectivity index (χ2v) is 18.6. The first-order valence-electron chi connectivity index (χ1n) is 22.7. The third-order valence-corrected chi connectivity index (χ3v) is 11.8. The lowest BCUT2D eigenvalue weighted by Crippen LogP contribution is -2.54. The highest BCUT2D eigenvalue weighted by Gasteiger charge is 2.36. The number of esters is 3. The van der Waals surface area contributed by atoms with Crippen LogP contribution >= 0.6 is 11.8 Å². The van der Waals surface area contributed by atoms with Crippen molar-refractivity contribution in [1.29, 1.82) is 0 Å². The van der Waals surface area contributed by atoms with Gasteiger partial charge in [0.1, 0.15) is 43.0 Å². The molecule has 1 aliphatic rings. The Morgan fingerprint density at radius 1 is 0.765 bits per heavy atom. The Bertz CT molecular complexity index is 1880. The van der Waals surface area contributed by atoms with Crippen molar-refractivity contribution in [2.45, 2.75) is 136 Å². The molecule has 7 amide bonds. The average molecular weight is 974 g/mol. The molecule has 0 spiro atoms. The summed E-state index contributed by atoms with van der Waals surface area (Å²) in [6.45, 7) is 19.8. The van der Waals surface area contributed by atoms with E-state index in [1.807, 2.05) is 34.6 Å². The Hall–Kier alpha value is -6.12. The predicted molar refractivity (Wildman–Crippen MR) is 255 cm³/mol. The van der Waals surface area contributed by atoms with Crippen LogP contribution in [0.1, 0.15) is 92.6 Å². The van der Waals surface area contributed by atoms with E-state index in [0.29, 0.717) is 11.3 Å². The Balaban J connectivity index is 1.99. The van der Waals surface area contributed by atoms with Crippen LogP contribution in [-0.2, 0) is 59.1 Å². The minimum absolute atomic E-state index is 0.0652. The molecule has 0 bridgehead atoms. The fourth-order valence-electron chi connectivity index (χ4n) is 6.92. The highest BCUT2D eigenvalue weighted by molar-refractivity contribution is 7.99. The fourth-order valence-corrected chi connectivity index (χ4v) is 7.65. The lowest BCUT2D eigenvalue weighted by Gasteiger charge is -2.33. The zero-order valence-electron chi connectivity index (χ0n) is 40.5. The molecule has 378 valence electrons. The molecule has 7 atom stereocenters. The predicted octanol–water partition coefficient (Wildman–Crippen LogP) is 3.87. The van der Waals surface area contributed by atoms with Crippen LogP contribution in [0.3, 0.4) is 0 Å². The molecule has 0 aromatic heterocycles. The maximum atomic E-state index is 13.6. The molecule has 20 nitrogen and oxygen atoms in total. The highest BCUT2D eigenvalue weighted by atomic mass is 32.2. The van der Waals surface area contributed by atoms with Crippen molar-refractivity contribution < 1.29 is 62.1 Å². The van der Waals surface area contributed by atoms with Crippen LogP contribution in [0.2, 0.25) is 0 Å². The summed E-state index contributed by atoms with van der Waals surface area (Å²) in [5.74, 6) is -4.15. The number of hydrogen-bond donors (Lipinski definition) is 6. The number of nitrogens with two attached hydrogens (primary N) is 1. The Morgan fingerprint density at radius 3 is 1.85 bits per heavy atom. The quantitative estimate of drug-likeness (QED) is 0.0316. The number of primary amides is 1. The summed E-state index contributed by atoms with van der Waals surface area (Å²) in [6, 6.07) is 2.76. The molecule has 2 rings (SSSR count). The largest absolute Gasteiger partial charge is 0.462 e. The Labute approximate surface area is 403 Å². The second kappa shape index (κ2) is 29.6. The zero-order valence-corrected chi connectivity index (χ0v) is 41.3. The van der Waals surface area contributed by atoms with Gasteiger partial charge in [-0.1, -0.05) is 66.8 Å². The van der Waals surface area contributed by atoms with Crippen molar-refractivity contribution in [2.24, 2.45) is 23.5 Å². The van der Waals surface area contributed by atoms with Crippen LogP contribution in [0.25, 0.3) is 0 Å². The van der Waals surface area contributed by atoms with E-state index in [1.165, 1.54) is 11.9 Å². The number of thioether (sulfide) groups is 1. The summed E-state index contributed by atoms with van der Waals surface area (Å²) in [7, 11) is 1.51. The second-order valence-electron chi connectivity index (χ2n) is 17.5. The summed E-state index contributed by atoms with van der Waals surface area (Å²) in [5, 5.41) is 13.6. The van der Waals surface area contributed by atoms with Crippen molar-refractivity contribution in [2.75, 3.05) is 30.4 Å². The summed E-state index contributed by atoms with van der Waals surface area (Å²) in [6.07, 6.45) is 0.182. The van der Waals surface area contributed by atoms with Gasteiger partial charge in [0.05, 0.1) is 12.2 Å². The molecule has 21 heteroatoms. The third kappa shape index (κ3) is 21.2. The molecular formula is C47H71N7O13S. The van der Waals surface area contributed by atoms with E-state index in [0.717, 1.165) is 23.9 Å². The number of nitrogens with one attached hydrogen (secondary N) is 5. The van der Waals surface area contributed by atoms with E-state index in [2.05, 4.69) is 39.7 Å². The van der Waals surface area contributed by atoms with Crippen LogP contribution in [0.4, 0.5) is 15.3 Å². The first-order valence-corrected chi connectivity index (χ1v) is 23.9. The van der Waals surface area contributed by atoms with E-state index in [1.54, 1.807) is 38.1 Å². The fraction of sp³-hybridized carbons (Fsp3) is 0.596. The van der Waals surface area contributed by atoms with E-state index in [9.17, 15) is 43.2 Å². The summed E-state index contributed by atoms with van der Waals surface area (Å²) in [5.41, 5.74) is 6.17. The van der Waals surface area contributed by atoms with Crippen molar-refractivity contribution >= 4 is 71.1 Å². The van der Waals surface area contributed by atoms with Crippen molar-refractivity contribution in [1.82, 2.24) is 26.2 Å². The lowest BCUT2D eigenvalue weighted by molar-refractivity contribution is -0.165. The van der Waals surface area contributed by atoms with Crippen LogP contribution < -0.4 is 32.3 Å². The first kappa shape index (κ1) is 58.0. The number of ether oxygens (including phenoxy) is 4. The van der Waals surface area contributed by atoms with E-state index in [-0.39, 0.29) is 87.0 Å². The standard InChI is InChI=1S/C47H71N7O13S/c1-11-38(56)65-33-22-34(66-39(57)12-2)24-35(23-33)67-40(58)19-21-68-26-37(55)53-41(28(5)6)44(60)52-36(14-13-20-49-46(48)62)43(59)51-32-17-15-31(16-18-32)25-64-47(63)54(10)42(29(7)8)45(61)50-30(9)27(3)4/h11-12,15-18,27-30,33-36,41-42H,1-2,13-14,19-26H2,3-10H3,(H,50,61)(H,51,59)(H,52,60)(H,53,55)(H3,48,49,62)/t30-,33-,34+,35-,36+,41+,42+/m1/s1. The molecule has 0 radical (unpaired) electrons. The third-order valence-electron chi connectivity index (χ3n) is 10.9. The normalized spacial score (nSPS) is 17.2. The van der Waals surface area contributed by atoms with E-state index >= 15 is 0 Å². The van der Waals surface area contributed by atoms with Gasteiger partial charge in [-0.2, -0.15) is 11.8 Å². The highest BCUT2D eigenvalue weighted by Crippen LogP contribution is 2.27. The molecule has 0 unspecified atom stereocenters. The maximum Gasteiger partial charge on any atom is 0.410 e. The van der Waals surface area contributed by atoms with Gasteiger partial charge < -0.3 is 51.3 Å². The topological polar surface area (TPSA) is 280 Å². The van der Waals surface area contributed by atoms with Gasteiger partial charge >= 0.3 is 30.0 Å². The van der Waals surface area contributed by atoms with E-state index in [4.69, 9.17) is 24.7 Å². The number of benzene rings is 1. The Kier molecular flexibility index (Phi) is 25.2. The van der Waals surface area contributed by atoms with Crippen molar-refractivity contribution in [3.63, 3.8) is 0 Å². The minimum atomic E-state index is -1.10. The summed E-state index contributed by atoms with van der Waals surface area (Å²) >= 11 is 1.13. The maximum absolute atomic E-state index is 13.6. The summed E-state index contributed by atoms with van der Waals surface area (Å²) in [4.78, 5) is 115. The van der Waals surface area contributed by atoms with Crippen molar-refractivity contribution in [3.8, 4) is 0 Å².